The van der Waals surface area contributed by atoms with Gasteiger partial charge in [-0.1, -0.05) is 11.8 Å². The van der Waals surface area contributed by atoms with Crippen molar-refractivity contribution in [3.05, 3.63) is 52.0 Å². The van der Waals surface area contributed by atoms with Gasteiger partial charge < -0.3 is 5.11 Å². The standard InChI is InChI=1S/C13H10BrFN2OS/c1-19-13-16-5-4-9(17-13)7-12(18)8-2-3-11(15)10(14)6-8/h2-7,18H,1H3/b12-7+. The highest BCUT2D eigenvalue weighted by molar-refractivity contribution is 9.10. The second kappa shape index (κ2) is 6.16. The molecule has 6 heteroatoms. The first-order valence-electron chi connectivity index (χ1n) is 5.33. The molecule has 0 saturated heterocycles. The van der Waals surface area contributed by atoms with Crippen molar-refractivity contribution >= 4 is 39.5 Å². The molecule has 1 aromatic carbocycles. The van der Waals surface area contributed by atoms with Gasteiger partial charge >= 0.3 is 0 Å². The molecule has 19 heavy (non-hydrogen) atoms. The molecule has 0 atom stereocenters. The Morgan fingerprint density at radius 2 is 2.21 bits per heavy atom. The van der Waals surface area contributed by atoms with Crippen LogP contribution in [0.1, 0.15) is 11.3 Å². The quantitative estimate of drug-likeness (QED) is 0.517. The lowest BCUT2D eigenvalue weighted by Gasteiger charge is -2.02. The summed E-state index contributed by atoms with van der Waals surface area (Å²) in [7, 11) is 0. The maximum absolute atomic E-state index is 13.1. The third kappa shape index (κ3) is 3.54. The Labute approximate surface area is 122 Å². The summed E-state index contributed by atoms with van der Waals surface area (Å²) < 4.78 is 13.4. The smallest absolute Gasteiger partial charge is 0.187 e. The lowest BCUT2D eigenvalue weighted by molar-refractivity contribution is 0.514. The van der Waals surface area contributed by atoms with Gasteiger partial charge in [0.2, 0.25) is 0 Å². The SMILES string of the molecule is CSc1nccc(/C=C(/O)c2ccc(F)c(Br)c2)n1. The fourth-order valence-corrected chi connectivity index (χ4v) is 2.15. The zero-order valence-electron chi connectivity index (χ0n) is 9.97. The van der Waals surface area contributed by atoms with Crippen molar-refractivity contribution in [3.63, 3.8) is 0 Å². The third-order valence-corrected chi connectivity index (χ3v) is 3.51. The molecule has 0 saturated carbocycles. The van der Waals surface area contributed by atoms with E-state index in [2.05, 4.69) is 25.9 Å². The molecule has 0 bridgehead atoms. The van der Waals surface area contributed by atoms with E-state index in [4.69, 9.17) is 0 Å². The first-order valence-corrected chi connectivity index (χ1v) is 7.35. The van der Waals surface area contributed by atoms with Crippen molar-refractivity contribution in [1.29, 1.82) is 0 Å². The number of halogens is 2. The van der Waals surface area contributed by atoms with Crippen molar-refractivity contribution in [3.8, 4) is 0 Å². The molecular weight excluding hydrogens is 331 g/mol. The first kappa shape index (κ1) is 14.0. The van der Waals surface area contributed by atoms with Crippen LogP contribution in [0.25, 0.3) is 11.8 Å². The zero-order chi connectivity index (χ0) is 13.8. The molecule has 98 valence electrons. The number of aliphatic hydroxyl groups excluding tert-OH is 1. The summed E-state index contributed by atoms with van der Waals surface area (Å²) in [5.41, 5.74) is 1.11. The van der Waals surface area contributed by atoms with Crippen LogP contribution in [0.2, 0.25) is 0 Å². The average molecular weight is 341 g/mol. The van der Waals surface area contributed by atoms with E-state index < -0.39 is 0 Å². The van der Waals surface area contributed by atoms with E-state index in [1.807, 2.05) is 6.26 Å². The third-order valence-electron chi connectivity index (χ3n) is 2.34. The van der Waals surface area contributed by atoms with E-state index >= 15 is 0 Å². The average Bonchev–Trinajstić information content (AvgIpc) is 2.42. The molecule has 3 nitrogen and oxygen atoms in total. The summed E-state index contributed by atoms with van der Waals surface area (Å²) >= 11 is 4.50. The van der Waals surface area contributed by atoms with E-state index in [1.54, 1.807) is 12.3 Å². The fourth-order valence-electron chi connectivity index (χ4n) is 1.41. The first-order chi connectivity index (χ1) is 9.10. The Morgan fingerprint density at radius 1 is 1.42 bits per heavy atom. The second-order valence-electron chi connectivity index (χ2n) is 3.63. The van der Waals surface area contributed by atoms with Crippen LogP contribution in [-0.4, -0.2) is 21.3 Å². The minimum atomic E-state index is -0.372. The van der Waals surface area contributed by atoms with Crippen molar-refractivity contribution in [2.75, 3.05) is 6.26 Å². The van der Waals surface area contributed by atoms with E-state index in [1.165, 1.54) is 36.0 Å². The van der Waals surface area contributed by atoms with Crippen molar-refractivity contribution < 1.29 is 9.50 Å². The number of rotatable bonds is 3. The number of hydrogen-bond acceptors (Lipinski definition) is 4. The van der Waals surface area contributed by atoms with Gasteiger partial charge in [0.05, 0.1) is 10.2 Å². The molecular formula is C13H10BrFN2OS. The van der Waals surface area contributed by atoms with Crippen LogP contribution in [0.5, 0.6) is 0 Å². The lowest BCUT2D eigenvalue weighted by atomic mass is 10.1. The maximum Gasteiger partial charge on any atom is 0.187 e. The molecule has 0 spiro atoms. The Balaban J connectivity index is 2.33. The Morgan fingerprint density at radius 3 is 2.89 bits per heavy atom. The van der Waals surface area contributed by atoms with Gasteiger partial charge in [-0.3, -0.25) is 0 Å². The van der Waals surface area contributed by atoms with E-state index in [9.17, 15) is 9.50 Å². The van der Waals surface area contributed by atoms with Crippen LogP contribution in [0.3, 0.4) is 0 Å². The summed E-state index contributed by atoms with van der Waals surface area (Å²) in [6.07, 6.45) is 5.01. The maximum atomic E-state index is 13.1. The molecule has 1 aromatic heterocycles. The summed E-state index contributed by atoms with van der Waals surface area (Å²) in [6.45, 7) is 0. The highest BCUT2D eigenvalue weighted by Gasteiger charge is 2.05. The van der Waals surface area contributed by atoms with E-state index in [0.29, 0.717) is 20.9 Å². The molecule has 0 fully saturated rings. The van der Waals surface area contributed by atoms with Crippen LogP contribution in [0, 0.1) is 5.82 Å². The predicted molar refractivity (Wildman–Crippen MR) is 78.4 cm³/mol. The van der Waals surface area contributed by atoms with Gasteiger partial charge in [0.15, 0.2) is 5.16 Å². The Bertz CT molecular complexity index is 634. The van der Waals surface area contributed by atoms with Gasteiger partial charge in [-0.15, -0.1) is 0 Å². The second-order valence-corrected chi connectivity index (χ2v) is 5.25. The van der Waals surface area contributed by atoms with Crippen LogP contribution in [0.15, 0.2) is 40.1 Å². The van der Waals surface area contributed by atoms with E-state index in [-0.39, 0.29) is 11.6 Å². The van der Waals surface area contributed by atoms with Crippen LogP contribution < -0.4 is 0 Å². The van der Waals surface area contributed by atoms with E-state index in [0.717, 1.165) is 0 Å². The predicted octanol–water partition coefficient (Wildman–Crippen LogP) is 4.16. The number of benzene rings is 1. The minimum Gasteiger partial charge on any atom is -0.507 e. The van der Waals surface area contributed by atoms with Gasteiger partial charge in [0.25, 0.3) is 0 Å². The van der Waals surface area contributed by atoms with Gasteiger partial charge in [-0.05, 0) is 46.5 Å². The number of aliphatic hydroxyl groups is 1. The van der Waals surface area contributed by atoms with Crippen LogP contribution in [-0.2, 0) is 0 Å². The highest BCUT2D eigenvalue weighted by atomic mass is 79.9. The summed E-state index contributed by atoms with van der Waals surface area (Å²) in [4.78, 5) is 8.27. The number of nitrogens with zero attached hydrogens (tertiary/aromatic N) is 2. The minimum absolute atomic E-state index is 0.0199. The Hall–Kier alpha value is -1.40. The van der Waals surface area contributed by atoms with Gasteiger partial charge in [-0.2, -0.15) is 0 Å². The molecule has 1 heterocycles. The summed E-state index contributed by atoms with van der Waals surface area (Å²) in [5, 5.41) is 10.6. The van der Waals surface area contributed by atoms with Crippen LogP contribution >= 0.6 is 27.7 Å². The van der Waals surface area contributed by atoms with Gasteiger partial charge in [0.1, 0.15) is 11.6 Å². The number of hydrogen-bond donors (Lipinski definition) is 1. The summed E-state index contributed by atoms with van der Waals surface area (Å²) in [6, 6.07) is 5.99. The number of aromatic nitrogens is 2. The topological polar surface area (TPSA) is 46.0 Å². The molecule has 0 aliphatic heterocycles. The molecule has 2 rings (SSSR count). The fraction of sp³-hybridized carbons (Fsp3) is 0.0769. The molecule has 0 aliphatic carbocycles. The molecule has 1 N–H and O–H groups in total. The molecule has 0 aliphatic rings. The largest absolute Gasteiger partial charge is 0.507 e. The normalized spacial score (nSPS) is 11.6. The van der Waals surface area contributed by atoms with Gasteiger partial charge in [0, 0.05) is 17.8 Å². The van der Waals surface area contributed by atoms with Crippen LogP contribution in [0.4, 0.5) is 4.39 Å². The highest BCUT2D eigenvalue weighted by Crippen LogP contribution is 2.22. The zero-order valence-corrected chi connectivity index (χ0v) is 12.4. The number of thioether (sulfide) groups is 1. The molecule has 0 radical (unpaired) electrons. The van der Waals surface area contributed by atoms with Crippen molar-refractivity contribution in [2.45, 2.75) is 5.16 Å². The molecule has 0 amide bonds. The van der Waals surface area contributed by atoms with Crippen molar-refractivity contribution in [2.24, 2.45) is 0 Å². The Kier molecular flexibility index (Phi) is 4.55. The monoisotopic (exact) mass is 340 g/mol. The molecule has 0 unspecified atom stereocenters. The summed E-state index contributed by atoms with van der Waals surface area (Å²) in [5.74, 6) is -0.352. The van der Waals surface area contributed by atoms with Crippen molar-refractivity contribution in [1.82, 2.24) is 9.97 Å². The van der Waals surface area contributed by atoms with Gasteiger partial charge in [-0.25, -0.2) is 14.4 Å². The molecule has 2 aromatic rings. The lowest BCUT2D eigenvalue weighted by Crippen LogP contribution is -1.90.